The summed E-state index contributed by atoms with van der Waals surface area (Å²) in [5.41, 5.74) is 0. The van der Waals surface area contributed by atoms with Gasteiger partial charge in [-0.15, -0.1) is 22.7 Å². The number of carbonyl (C=O) groups excluding carboxylic acids is 1. The molecule has 0 aliphatic heterocycles. The minimum Gasteiger partial charge on any atom is -0.332 e. The van der Waals surface area contributed by atoms with E-state index in [4.69, 9.17) is 0 Å². The molecule has 0 aliphatic rings. The van der Waals surface area contributed by atoms with Crippen LogP contribution in [0.5, 0.6) is 0 Å². The molecule has 0 fully saturated rings. The molecule has 0 saturated heterocycles. The molecular formula is C16H21NOS2. The average molecular weight is 307 g/mol. The van der Waals surface area contributed by atoms with Crippen LogP contribution < -0.4 is 0 Å². The normalized spacial score (nSPS) is 10.9. The van der Waals surface area contributed by atoms with E-state index in [1.165, 1.54) is 9.75 Å². The highest BCUT2D eigenvalue weighted by Gasteiger charge is 2.15. The Hall–Kier alpha value is -1.13. The highest BCUT2D eigenvalue weighted by molar-refractivity contribution is 7.10. The molecule has 4 heteroatoms. The maximum absolute atomic E-state index is 12.4. The molecule has 0 N–H and O–H groups in total. The minimum atomic E-state index is 0.264. The summed E-state index contributed by atoms with van der Waals surface area (Å²) < 4.78 is 0. The molecule has 20 heavy (non-hydrogen) atoms. The van der Waals surface area contributed by atoms with E-state index in [-0.39, 0.29) is 5.91 Å². The molecule has 0 saturated carbocycles. The Bertz CT molecular complexity index is 466. The zero-order valence-electron chi connectivity index (χ0n) is 12.0. The molecule has 108 valence electrons. The summed E-state index contributed by atoms with van der Waals surface area (Å²) >= 11 is 3.43. The first kappa shape index (κ1) is 15.3. The second kappa shape index (κ2) is 7.60. The van der Waals surface area contributed by atoms with Crippen LogP contribution >= 0.6 is 22.7 Å². The third-order valence-corrected chi connectivity index (χ3v) is 4.86. The summed E-state index contributed by atoms with van der Waals surface area (Å²) in [7, 11) is 0. The van der Waals surface area contributed by atoms with Gasteiger partial charge in [-0.25, -0.2) is 0 Å². The molecule has 0 bridgehead atoms. The molecule has 0 aromatic carbocycles. The van der Waals surface area contributed by atoms with Gasteiger partial charge in [0, 0.05) is 16.2 Å². The summed E-state index contributed by atoms with van der Waals surface area (Å²) in [6.07, 6.45) is 1.61. The molecule has 2 heterocycles. The highest BCUT2D eigenvalue weighted by Crippen LogP contribution is 2.19. The highest BCUT2D eigenvalue weighted by atomic mass is 32.1. The third kappa shape index (κ3) is 4.76. The Kier molecular flexibility index (Phi) is 5.80. The average Bonchev–Trinajstić information content (AvgIpc) is 3.08. The van der Waals surface area contributed by atoms with E-state index in [0.717, 1.165) is 19.5 Å². The Morgan fingerprint density at radius 3 is 2.05 bits per heavy atom. The van der Waals surface area contributed by atoms with Crippen molar-refractivity contribution in [3.63, 3.8) is 0 Å². The fourth-order valence-corrected chi connectivity index (χ4v) is 3.42. The maximum atomic E-state index is 12.4. The summed E-state index contributed by atoms with van der Waals surface area (Å²) in [6.45, 7) is 5.78. The van der Waals surface area contributed by atoms with E-state index >= 15 is 0 Å². The van der Waals surface area contributed by atoms with Gasteiger partial charge in [-0.2, -0.15) is 0 Å². The lowest BCUT2D eigenvalue weighted by Crippen LogP contribution is -2.29. The number of hydrogen-bond acceptors (Lipinski definition) is 3. The molecule has 1 amide bonds. The van der Waals surface area contributed by atoms with E-state index in [2.05, 4.69) is 36.7 Å². The molecule has 2 aromatic rings. The quantitative estimate of drug-likeness (QED) is 0.721. The van der Waals surface area contributed by atoms with Gasteiger partial charge >= 0.3 is 0 Å². The van der Waals surface area contributed by atoms with Crippen molar-refractivity contribution in [1.82, 2.24) is 4.90 Å². The number of rotatable bonds is 7. The van der Waals surface area contributed by atoms with Crippen molar-refractivity contribution in [2.24, 2.45) is 5.92 Å². The lowest BCUT2D eigenvalue weighted by atomic mass is 10.1. The van der Waals surface area contributed by atoms with E-state index in [1.807, 2.05) is 17.0 Å². The molecular weight excluding hydrogens is 286 g/mol. The molecule has 2 rings (SSSR count). The van der Waals surface area contributed by atoms with Crippen LogP contribution in [-0.4, -0.2) is 10.8 Å². The van der Waals surface area contributed by atoms with Crippen molar-refractivity contribution in [2.75, 3.05) is 0 Å². The number of carbonyl (C=O) groups is 1. The van der Waals surface area contributed by atoms with Crippen molar-refractivity contribution in [2.45, 2.75) is 39.8 Å². The standard InChI is InChI=1S/C16H21NOS2/c1-13(2)7-8-16(18)17(11-14-5-3-9-19-14)12-15-6-4-10-20-15/h3-6,9-10,13H,7-8,11-12H2,1-2H3. The zero-order valence-corrected chi connectivity index (χ0v) is 13.7. The number of thiophene rings is 2. The van der Waals surface area contributed by atoms with Crippen LogP contribution in [0.15, 0.2) is 35.0 Å². The van der Waals surface area contributed by atoms with E-state index < -0.39 is 0 Å². The van der Waals surface area contributed by atoms with Crippen LogP contribution in [0.2, 0.25) is 0 Å². The summed E-state index contributed by atoms with van der Waals surface area (Å²) in [6, 6.07) is 8.29. The Morgan fingerprint density at radius 1 is 1.10 bits per heavy atom. The Morgan fingerprint density at radius 2 is 1.65 bits per heavy atom. The van der Waals surface area contributed by atoms with Crippen LogP contribution in [0.1, 0.15) is 36.4 Å². The first-order valence-corrected chi connectivity index (χ1v) is 8.73. The molecule has 0 radical (unpaired) electrons. The summed E-state index contributed by atoms with van der Waals surface area (Å²) in [5, 5.41) is 4.13. The van der Waals surface area contributed by atoms with Gasteiger partial charge < -0.3 is 4.90 Å². The number of amides is 1. The van der Waals surface area contributed by atoms with Crippen molar-refractivity contribution >= 4 is 28.6 Å². The fourth-order valence-electron chi connectivity index (χ4n) is 1.98. The van der Waals surface area contributed by atoms with Gasteiger partial charge in [0.2, 0.25) is 5.91 Å². The molecule has 0 spiro atoms. The molecule has 2 aromatic heterocycles. The lowest BCUT2D eigenvalue weighted by molar-refractivity contribution is -0.132. The molecule has 0 unspecified atom stereocenters. The summed E-state index contributed by atoms with van der Waals surface area (Å²) in [5.74, 6) is 0.838. The van der Waals surface area contributed by atoms with Crippen molar-refractivity contribution < 1.29 is 4.79 Å². The maximum Gasteiger partial charge on any atom is 0.223 e. The SMILES string of the molecule is CC(C)CCC(=O)N(Cc1cccs1)Cc1cccs1. The van der Waals surface area contributed by atoms with E-state index in [1.54, 1.807) is 22.7 Å². The van der Waals surface area contributed by atoms with Crippen molar-refractivity contribution in [1.29, 1.82) is 0 Å². The van der Waals surface area contributed by atoms with Crippen LogP contribution in [-0.2, 0) is 17.9 Å². The second-order valence-electron chi connectivity index (χ2n) is 5.34. The lowest BCUT2D eigenvalue weighted by Gasteiger charge is -2.22. The van der Waals surface area contributed by atoms with Crippen LogP contribution in [0.3, 0.4) is 0 Å². The fraction of sp³-hybridized carbons (Fsp3) is 0.438. The first-order chi connectivity index (χ1) is 9.65. The Balaban J connectivity index is 2.00. The smallest absolute Gasteiger partial charge is 0.223 e. The van der Waals surface area contributed by atoms with Gasteiger partial charge in [0.15, 0.2) is 0 Å². The summed E-state index contributed by atoms with van der Waals surface area (Å²) in [4.78, 5) is 16.9. The van der Waals surface area contributed by atoms with Gasteiger partial charge in [0.05, 0.1) is 13.1 Å². The van der Waals surface area contributed by atoms with Crippen LogP contribution in [0.4, 0.5) is 0 Å². The van der Waals surface area contributed by atoms with Gasteiger partial charge in [0.1, 0.15) is 0 Å². The van der Waals surface area contributed by atoms with Gasteiger partial charge in [-0.05, 0) is 35.2 Å². The Labute approximate surface area is 129 Å². The van der Waals surface area contributed by atoms with Gasteiger partial charge in [-0.3, -0.25) is 4.79 Å². The zero-order chi connectivity index (χ0) is 14.4. The van der Waals surface area contributed by atoms with Crippen molar-refractivity contribution in [3.05, 3.63) is 44.8 Å². The molecule has 0 aliphatic carbocycles. The minimum absolute atomic E-state index is 0.264. The number of hydrogen-bond donors (Lipinski definition) is 0. The van der Waals surface area contributed by atoms with Crippen LogP contribution in [0.25, 0.3) is 0 Å². The largest absolute Gasteiger partial charge is 0.332 e. The van der Waals surface area contributed by atoms with Gasteiger partial charge in [0.25, 0.3) is 0 Å². The van der Waals surface area contributed by atoms with Crippen molar-refractivity contribution in [3.8, 4) is 0 Å². The predicted octanol–water partition coefficient (Wildman–Crippen LogP) is 4.77. The number of nitrogens with zero attached hydrogens (tertiary/aromatic N) is 1. The van der Waals surface area contributed by atoms with E-state index in [9.17, 15) is 4.79 Å². The van der Waals surface area contributed by atoms with E-state index in [0.29, 0.717) is 12.3 Å². The molecule has 0 atom stereocenters. The van der Waals surface area contributed by atoms with Crippen LogP contribution in [0, 0.1) is 5.92 Å². The molecule has 2 nitrogen and oxygen atoms in total. The monoisotopic (exact) mass is 307 g/mol. The topological polar surface area (TPSA) is 20.3 Å². The second-order valence-corrected chi connectivity index (χ2v) is 7.41. The third-order valence-electron chi connectivity index (χ3n) is 3.14. The van der Waals surface area contributed by atoms with Gasteiger partial charge in [-0.1, -0.05) is 26.0 Å². The predicted molar refractivity (Wildman–Crippen MR) is 87.0 cm³/mol. The first-order valence-electron chi connectivity index (χ1n) is 6.97.